The van der Waals surface area contributed by atoms with Gasteiger partial charge in [-0.15, -0.1) is 11.3 Å². The van der Waals surface area contributed by atoms with Crippen LogP contribution in [0, 0.1) is 16.0 Å². The van der Waals surface area contributed by atoms with Crippen LogP contribution in [-0.2, 0) is 0 Å². The van der Waals surface area contributed by atoms with Crippen molar-refractivity contribution in [3.05, 3.63) is 21.1 Å². The molecule has 0 saturated carbocycles. The lowest BCUT2D eigenvalue weighted by Gasteiger charge is -2.32. The molecular weight excluding hydrogens is 264 g/mol. The first-order valence-corrected chi connectivity index (χ1v) is 7.55. The maximum atomic E-state index is 11.2. The van der Waals surface area contributed by atoms with E-state index in [1.807, 2.05) is 0 Å². The maximum absolute atomic E-state index is 11.2. The minimum absolute atomic E-state index is 0.137. The molecule has 19 heavy (non-hydrogen) atoms. The minimum Gasteiger partial charge on any atom is -0.388 e. The van der Waals surface area contributed by atoms with Crippen molar-refractivity contribution in [3.8, 4) is 0 Å². The molecule has 1 aromatic heterocycles. The molecule has 0 spiro atoms. The molecule has 2 unspecified atom stereocenters. The molecule has 1 fully saturated rings. The van der Waals surface area contributed by atoms with Crippen LogP contribution in [0.15, 0.2) is 6.07 Å². The Labute approximate surface area is 117 Å². The largest absolute Gasteiger partial charge is 0.388 e. The van der Waals surface area contributed by atoms with E-state index in [0.717, 1.165) is 25.9 Å². The summed E-state index contributed by atoms with van der Waals surface area (Å²) in [5.41, 5.74) is 0.137. The number of anilines is 1. The van der Waals surface area contributed by atoms with Gasteiger partial charge in [0.2, 0.25) is 0 Å². The van der Waals surface area contributed by atoms with Gasteiger partial charge >= 0.3 is 5.69 Å². The first-order chi connectivity index (χ1) is 9.02. The van der Waals surface area contributed by atoms with Crippen molar-refractivity contribution >= 4 is 22.0 Å². The van der Waals surface area contributed by atoms with Gasteiger partial charge in [-0.1, -0.05) is 13.3 Å². The number of piperidine rings is 1. The maximum Gasteiger partial charge on any atom is 0.304 e. The van der Waals surface area contributed by atoms with Gasteiger partial charge in [0, 0.05) is 24.0 Å². The molecule has 0 aromatic carbocycles. The number of aliphatic hydroxyl groups excluding tert-OH is 1. The number of nitrogens with zero attached hydrogens (tertiary/aromatic N) is 2. The summed E-state index contributed by atoms with van der Waals surface area (Å²) in [6.45, 7) is 5.57. The highest BCUT2D eigenvalue weighted by molar-refractivity contribution is 7.16. The lowest BCUT2D eigenvalue weighted by molar-refractivity contribution is -0.383. The summed E-state index contributed by atoms with van der Waals surface area (Å²) < 4.78 is 0. The molecule has 2 rings (SSSR count). The molecule has 1 aliphatic heterocycles. The smallest absolute Gasteiger partial charge is 0.304 e. The molecule has 5 nitrogen and oxygen atoms in total. The van der Waals surface area contributed by atoms with Gasteiger partial charge in [0.1, 0.15) is 0 Å². The van der Waals surface area contributed by atoms with Gasteiger partial charge < -0.3 is 10.0 Å². The Kier molecular flexibility index (Phi) is 4.42. The molecule has 1 saturated heterocycles. The van der Waals surface area contributed by atoms with Crippen molar-refractivity contribution in [1.29, 1.82) is 0 Å². The second kappa shape index (κ2) is 5.88. The van der Waals surface area contributed by atoms with Crippen molar-refractivity contribution in [1.82, 2.24) is 0 Å². The summed E-state index contributed by atoms with van der Waals surface area (Å²) >= 11 is 1.35. The first kappa shape index (κ1) is 14.3. The molecular formula is C13H20N2O3S. The van der Waals surface area contributed by atoms with Crippen molar-refractivity contribution < 1.29 is 10.0 Å². The lowest BCUT2D eigenvalue weighted by Crippen LogP contribution is -2.34. The summed E-state index contributed by atoms with van der Waals surface area (Å²) in [5, 5.41) is 21.5. The highest BCUT2D eigenvalue weighted by atomic mass is 32.1. The van der Waals surface area contributed by atoms with Crippen molar-refractivity contribution in [2.75, 3.05) is 18.0 Å². The highest BCUT2D eigenvalue weighted by Gasteiger charge is 2.28. The standard InChI is InChI=1S/C13H20N2O3S/c1-3-10-5-4-6-14(8-10)13-11(15(17)18)7-12(19-13)9(2)16/h7,9-10,16H,3-6,8H2,1-2H3. The van der Waals surface area contributed by atoms with Crippen LogP contribution in [0.4, 0.5) is 10.7 Å². The van der Waals surface area contributed by atoms with E-state index in [1.165, 1.54) is 23.8 Å². The van der Waals surface area contributed by atoms with E-state index < -0.39 is 6.10 Å². The average molecular weight is 284 g/mol. The molecule has 1 aliphatic rings. The number of hydrogen-bond acceptors (Lipinski definition) is 5. The van der Waals surface area contributed by atoms with Crippen LogP contribution in [0.2, 0.25) is 0 Å². The van der Waals surface area contributed by atoms with Crippen LogP contribution in [0.1, 0.15) is 44.1 Å². The van der Waals surface area contributed by atoms with Crippen LogP contribution < -0.4 is 4.90 Å². The Bertz CT molecular complexity index is 459. The zero-order valence-electron chi connectivity index (χ0n) is 11.3. The third kappa shape index (κ3) is 3.06. The Hall–Kier alpha value is -1.14. The Morgan fingerprint density at radius 1 is 1.68 bits per heavy atom. The van der Waals surface area contributed by atoms with Gasteiger partial charge in [-0.2, -0.15) is 0 Å². The molecule has 0 radical (unpaired) electrons. The third-order valence-electron chi connectivity index (χ3n) is 3.70. The molecule has 106 valence electrons. The summed E-state index contributed by atoms with van der Waals surface area (Å²) in [5.74, 6) is 0.616. The highest BCUT2D eigenvalue weighted by Crippen LogP contribution is 2.41. The minimum atomic E-state index is -0.649. The Balaban J connectivity index is 2.29. The molecule has 2 atom stereocenters. The monoisotopic (exact) mass is 284 g/mol. The van der Waals surface area contributed by atoms with Crippen LogP contribution in [0.25, 0.3) is 0 Å². The van der Waals surface area contributed by atoms with Gasteiger partial charge in [-0.05, 0) is 25.7 Å². The zero-order chi connectivity index (χ0) is 14.0. The number of hydrogen-bond donors (Lipinski definition) is 1. The Morgan fingerprint density at radius 2 is 2.42 bits per heavy atom. The van der Waals surface area contributed by atoms with E-state index in [-0.39, 0.29) is 10.6 Å². The Morgan fingerprint density at radius 3 is 3.00 bits per heavy atom. The predicted octanol–water partition coefficient (Wildman–Crippen LogP) is 3.34. The van der Waals surface area contributed by atoms with E-state index in [4.69, 9.17) is 0 Å². The average Bonchev–Trinajstić information content (AvgIpc) is 2.84. The van der Waals surface area contributed by atoms with Gasteiger partial charge in [0.05, 0.1) is 11.0 Å². The normalized spacial score (nSPS) is 21.4. The second-order valence-corrected chi connectivity index (χ2v) is 6.20. The van der Waals surface area contributed by atoms with Gasteiger partial charge in [-0.25, -0.2) is 0 Å². The first-order valence-electron chi connectivity index (χ1n) is 6.74. The summed E-state index contributed by atoms with van der Waals surface area (Å²) in [7, 11) is 0. The third-order valence-corrected chi connectivity index (χ3v) is 5.06. The summed E-state index contributed by atoms with van der Waals surface area (Å²) in [6.07, 6.45) is 2.75. The van der Waals surface area contributed by atoms with E-state index in [0.29, 0.717) is 15.8 Å². The van der Waals surface area contributed by atoms with Crippen LogP contribution in [0.5, 0.6) is 0 Å². The van der Waals surface area contributed by atoms with Crippen molar-refractivity contribution in [3.63, 3.8) is 0 Å². The van der Waals surface area contributed by atoms with Crippen molar-refractivity contribution in [2.24, 2.45) is 5.92 Å². The zero-order valence-corrected chi connectivity index (χ0v) is 12.2. The number of aliphatic hydroxyl groups is 1. The molecule has 0 amide bonds. The topological polar surface area (TPSA) is 66.6 Å². The molecule has 0 bridgehead atoms. The fourth-order valence-corrected chi connectivity index (χ4v) is 3.63. The lowest BCUT2D eigenvalue weighted by atomic mass is 9.96. The van der Waals surface area contributed by atoms with E-state index >= 15 is 0 Å². The fourth-order valence-electron chi connectivity index (χ4n) is 2.54. The predicted molar refractivity (Wildman–Crippen MR) is 76.8 cm³/mol. The van der Waals surface area contributed by atoms with E-state index in [2.05, 4.69) is 11.8 Å². The molecule has 1 aromatic rings. The van der Waals surface area contributed by atoms with E-state index in [1.54, 1.807) is 6.92 Å². The number of rotatable bonds is 4. The fraction of sp³-hybridized carbons (Fsp3) is 0.692. The number of nitro groups is 1. The summed E-state index contributed by atoms with van der Waals surface area (Å²) in [6, 6.07) is 1.51. The van der Waals surface area contributed by atoms with Crippen LogP contribution >= 0.6 is 11.3 Å². The van der Waals surface area contributed by atoms with Crippen molar-refractivity contribution in [2.45, 2.75) is 39.2 Å². The second-order valence-electron chi connectivity index (χ2n) is 5.13. The van der Waals surface area contributed by atoms with E-state index in [9.17, 15) is 15.2 Å². The van der Waals surface area contributed by atoms with Gasteiger partial charge in [0.25, 0.3) is 0 Å². The van der Waals surface area contributed by atoms with Gasteiger partial charge in [0.15, 0.2) is 5.00 Å². The molecule has 1 N–H and O–H groups in total. The SMILES string of the molecule is CCC1CCCN(c2sc(C(C)O)cc2[N+](=O)[O-])C1. The number of thiophene rings is 1. The molecule has 0 aliphatic carbocycles. The van der Waals surface area contributed by atoms with Crippen LogP contribution in [0.3, 0.4) is 0 Å². The molecule has 2 heterocycles. The van der Waals surface area contributed by atoms with Gasteiger partial charge in [-0.3, -0.25) is 10.1 Å². The quantitative estimate of drug-likeness (QED) is 0.680. The summed E-state index contributed by atoms with van der Waals surface area (Å²) in [4.78, 5) is 13.6. The van der Waals surface area contributed by atoms with Crippen LogP contribution in [-0.4, -0.2) is 23.1 Å². The molecule has 6 heteroatoms.